The Morgan fingerprint density at radius 3 is 2.40 bits per heavy atom. The molecule has 0 aliphatic rings. The van der Waals surface area contributed by atoms with Crippen LogP contribution in [0.2, 0.25) is 0 Å². The lowest BCUT2D eigenvalue weighted by atomic mass is 10.1. The minimum Gasteiger partial charge on any atom is -0.542 e. The van der Waals surface area contributed by atoms with Crippen LogP contribution >= 0.6 is 0 Å². The molecule has 0 saturated heterocycles. The molecule has 1 aromatic carbocycles. The maximum Gasteiger partial charge on any atom is 0.273 e. The van der Waals surface area contributed by atoms with Crippen molar-refractivity contribution in [2.75, 3.05) is 0 Å². The van der Waals surface area contributed by atoms with Crippen LogP contribution in [0.3, 0.4) is 0 Å². The average molecular weight is 208 g/mol. The molecule has 1 aromatic rings. The van der Waals surface area contributed by atoms with Crippen molar-refractivity contribution in [1.29, 1.82) is 0 Å². The van der Waals surface area contributed by atoms with Crippen molar-refractivity contribution < 1.29 is 19.6 Å². The number of carbonyl (C=O) groups excluding carboxylic acids is 2. The number of carboxylic acid groups (broad SMARTS) is 1. The smallest absolute Gasteiger partial charge is 0.273 e. The van der Waals surface area contributed by atoms with E-state index < -0.39 is 23.1 Å². The summed E-state index contributed by atoms with van der Waals surface area (Å²) in [6.45, 7) is 0. The minimum absolute atomic E-state index is 0.0664. The summed E-state index contributed by atoms with van der Waals surface area (Å²) in [5.74, 6) is -3.02. The van der Waals surface area contributed by atoms with Crippen molar-refractivity contribution in [2.45, 2.75) is 6.42 Å². The molecule has 6 nitrogen and oxygen atoms in total. The minimum atomic E-state index is -1.84. The summed E-state index contributed by atoms with van der Waals surface area (Å²) in [7, 11) is 0. The van der Waals surface area contributed by atoms with E-state index in [1.807, 2.05) is 0 Å². The van der Waals surface area contributed by atoms with Gasteiger partial charge in [0.1, 0.15) is 5.97 Å². The molecule has 0 saturated carbocycles. The quantitative estimate of drug-likeness (QED) is 0.375. The van der Waals surface area contributed by atoms with Crippen molar-refractivity contribution in [2.24, 2.45) is 0 Å². The number of Topliss-reactive ketones (excluding diaryl/α,β-unsaturated/α-hetero) is 1. The monoisotopic (exact) mass is 208 g/mol. The second kappa shape index (κ2) is 4.32. The Kier molecular flexibility index (Phi) is 3.12. The fourth-order valence-electron chi connectivity index (χ4n) is 1.08. The van der Waals surface area contributed by atoms with Gasteiger partial charge in [0.2, 0.25) is 0 Å². The molecule has 78 valence electrons. The molecule has 0 atom stereocenters. The molecule has 0 fully saturated rings. The second-order valence-corrected chi connectivity index (χ2v) is 2.77. The maximum atomic E-state index is 10.8. The van der Waals surface area contributed by atoms with Gasteiger partial charge in [-0.25, -0.2) is 0 Å². The average Bonchev–Trinajstić information content (AvgIpc) is 2.18. The SMILES string of the molecule is O=C([O-])C(=O)Cc1ccccc1[N+](=O)[O-]. The fraction of sp³-hybridized carbons (Fsp3) is 0.111. The Morgan fingerprint density at radius 1 is 1.27 bits per heavy atom. The first kappa shape index (κ1) is 10.8. The van der Waals surface area contributed by atoms with Gasteiger partial charge >= 0.3 is 0 Å². The number of rotatable bonds is 4. The van der Waals surface area contributed by atoms with Crippen LogP contribution in [0.1, 0.15) is 5.56 Å². The molecular weight excluding hydrogens is 202 g/mol. The van der Waals surface area contributed by atoms with Gasteiger partial charge in [-0.15, -0.1) is 0 Å². The third-order valence-corrected chi connectivity index (χ3v) is 1.77. The van der Waals surface area contributed by atoms with Crippen LogP contribution in [-0.2, 0) is 16.0 Å². The van der Waals surface area contributed by atoms with Gasteiger partial charge in [0, 0.05) is 18.1 Å². The molecule has 0 heterocycles. The Hall–Kier alpha value is -2.24. The molecule has 0 aliphatic heterocycles. The summed E-state index contributed by atoms with van der Waals surface area (Å²) >= 11 is 0. The molecule has 0 aliphatic carbocycles. The van der Waals surface area contributed by atoms with Crippen molar-refractivity contribution in [3.63, 3.8) is 0 Å². The first-order valence-electron chi connectivity index (χ1n) is 3.99. The van der Waals surface area contributed by atoms with Gasteiger partial charge in [-0.1, -0.05) is 18.2 Å². The van der Waals surface area contributed by atoms with Gasteiger partial charge in [-0.05, 0) is 0 Å². The largest absolute Gasteiger partial charge is 0.542 e. The van der Waals surface area contributed by atoms with Gasteiger partial charge in [-0.3, -0.25) is 14.9 Å². The van der Waals surface area contributed by atoms with E-state index in [4.69, 9.17) is 0 Å². The van der Waals surface area contributed by atoms with Gasteiger partial charge in [0.25, 0.3) is 5.69 Å². The first-order chi connectivity index (χ1) is 7.02. The van der Waals surface area contributed by atoms with Crippen molar-refractivity contribution >= 4 is 17.4 Å². The third-order valence-electron chi connectivity index (χ3n) is 1.77. The van der Waals surface area contributed by atoms with Gasteiger partial charge in [-0.2, -0.15) is 0 Å². The van der Waals surface area contributed by atoms with Crippen molar-refractivity contribution in [1.82, 2.24) is 0 Å². The predicted octanol–water partition coefficient (Wildman–Crippen LogP) is -0.544. The van der Waals surface area contributed by atoms with Crippen LogP contribution in [0.25, 0.3) is 0 Å². The van der Waals surface area contributed by atoms with Crippen LogP contribution in [-0.4, -0.2) is 16.7 Å². The summed E-state index contributed by atoms with van der Waals surface area (Å²) in [6, 6.07) is 5.47. The maximum absolute atomic E-state index is 10.8. The number of carboxylic acids is 1. The van der Waals surface area contributed by atoms with Gasteiger partial charge < -0.3 is 9.90 Å². The number of hydrogen-bond donors (Lipinski definition) is 0. The van der Waals surface area contributed by atoms with E-state index >= 15 is 0 Å². The fourth-order valence-corrected chi connectivity index (χ4v) is 1.08. The van der Waals surface area contributed by atoms with E-state index in [0.717, 1.165) is 0 Å². The van der Waals surface area contributed by atoms with Crippen LogP contribution in [0, 0.1) is 10.1 Å². The predicted molar refractivity (Wildman–Crippen MR) is 46.8 cm³/mol. The van der Waals surface area contributed by atoms with E-state index in [2.05, 4.69) is 0 Å². The lowest BCUT2D eigenvalue weighted by Crippen LogP contribution is -2.32. The van der Waals surface area contributed by atoms with Crippen molar-refractivity contribution in [3.8, 4) is 0 Å². The Labute approximate surface area is 84.3 Å². The summed E-state index contributed by atoms with van der Waals surface area (Å²) in [5.41, 5.74) is -0.205. The topological polar surface area (TPSA) is 100 Å². The molecule has 0 amide bonds. The van der Waals surface area contributed by atoms with Crippen LogP contribution in [0.15, 0.2) is 24.3 Å². The Bertz CT molecular complexity index is 426. The normalized spacial score (nSPS) is 9.60. The Balaban J connectivity index is 2.99. The zero-order chi connectivity index (χ0) is 11.4. The highest BCUT2D eigenvalue weighted by molar-refractivity contribution is 6.32. The lowest BCUT2D eigenvalue weighted by molar-refractivity contribution is -0.385. The van der Waals surface area contributed by atoms with Crippen LogP contribution in [0.4, 0.5) is 5.69 Å². The number of hydrogen-bond acceptors (Lipinski definition) is 5. The van der Waals surface area contributed by atoms with E-state index in [1.54, 1.807) is 0 Å². The molecular formula is C9H6NO5-. The molecule has 0 unspecified atom stereocenters. The molecule has 0 spiro atoms. The summed E-state index contributed by atoms with van der Waals surface area (Å²) in [6.07, 6.45) is -0.528. The summed E-state index contributed by atoms with van der Waals surface area (Å²) < 4.78 is 0. The highest BCUT2D eigenvalue weighted by Gasteiger charge is 2.15. The number of aliphatic carboxylic acids is 1. The van der Waals surface area contributed by atoms with Gasteiger partial charge in [0.15, 0.2) is 5.78 Å². The van der Waals surface area contributed by atoms with E-state index in [1.165, 1.54) is 24.3 Å². The van der Waals surface area contributed by atoms with E-state index in [0.29, 0.717) is 0 Å². The second-order valence-electron chi connectivity index (χ2n) is 2.77. The number of para-hydroxylation sites is 1. The standard InChI is InChI=1S/C9H7NO5/c11-8(9(12)13)5-6-3-1-2-4-7(6)10(14)15/h1-4H,5H2,(H,12,13)/p-1. The van der Waals surface area contributed by atoms with Gasteiger partial charge in [0.05, 0.1) is 4.92 Å². The zero-order valence-corrected chi connectivity index (χ0v) is 7.50. The molecule has 1 rings (SSSR count). The number of nitrogens with zero attached hydrogens (tertiary/aromatic N) is 1. The lowest BCUT2D eigenvalue weighted by Gasteiger charge is -2.02. The molecule has 0 radical (unpaired) electrons. The summed E-state index contributed by atoms with van der Waals surface area (Å²) in [5, 5.41) is 20.7. The highest BCUT2D eigenvalue weighted by atomic mass is 16.6. The molecule has 15 heavy (non-hydrogen) atoms. The number of carbonyl (C=O) groups is 2. The number of ketones is 1. The zero-order valence-electron chi connectivity index (χ0n) is 7.50. The number of benzene rings is 1. The molecule has 6 heteroatoms. The molecule has 0 N–H and O–H groups in total. The summed E-state index contributed by atoms with van der Waals surface area (Å²) in [4.78, 5) is 30.8. The third kappa shape index (κ3) is 2.60. The molecule has 0 aromatic heterocycles. The van der Waals surface area contributed by atoms with Crippen LogP contribution in [0.5, 0.6) is 0 Å². The van der Waals surface area contributed by atoms with E-state index in [-0.39, 0.29) is 11.3 Å². The first-order valence-corrected chi connectivity index (χ1v) is 3.99. The highest BCUT2D eigenvalue weighted by Crippen LogP contribution is 2.17. The molecule has 0 bridgehead atoms. The van der Waals surface area contributed by atoms with Crippen molar-refractivity contribution in [3.05, 3.63) is 39.9 Å². The van der Waals surface area contributed by atoms with Crippen LogP contribution < -0.4 is 5.11 Å². The number of nitro benzene ring substituents is 1. The number of nitro groups is 1. The Morgan fingerprint density at radius 2 is 1.87 bits per heavy atom. The van der Waals surface area contributed by atoms with E-state index in [9.17, 15) is 24.8 Å².